The van der Waals surface area contributed by atoms with E-state index in [2.05, 4.69) is 38.6 Å². The molecule has 1 aromatic heterocycles. The van der Waals surface area contributed by atoms with Gasteiger partial charge < -0.3 is 31.3 Å². The lowest BCUT2D eigenvalue weighted by molar-refractivity contribution is -0.114. The Labute approximate surface area is 215 Å². The number of anilines is 3. The largest absolute Gasteiger partial charge is 0.378 e. The maximum absolute atomic E-state index is 12.6. The lowest BCUT2D eigenvalue weighted by Crippen LogP contribution is -2.40. The van der Waals surface area contributed by atoms with Crippen LogP contribution in [-0.4, -0.2) is 77.2 Å². The van der Waals surface area contributed by atoms with E-state index in [1.54, 1.807) is 29.2 Å². The Balaban J connectivity index is 0.000000479. The Morgan fingerprint density at radius 2 is 1.62 bits per heavy atom. The number of nitrogens with zero attached hydrogens (tertiary/aromatic N) is 5. The predicted molar refractivity (Wildman–Crippen MR) is 139 cm³/mol. The molecule has 1 aromatic carbocycles. The lowest BCUT2D eigenvalue weighted by Gasteiger charge is -2.27. The SMILES string of the molecule is C=CC(=C)C(N)=O.NC(=O)c1nnc(N2CCCCC2)nc1Nc1ccc(C(=O)N2CCOCC2)cc1. The van der Waals surface area contributed by atoms with Crippen LogP contribution in [0.3, 0.4) is 0 Å². The van der Waals surface area contributed by atoms with Crippen molar-refractivity contribution in [2.75, 3.05) is 49.6 Å². The van der Waals surface area contributed by atoms with Crippen LogP contribution >= 0.6 is 0 Å². The van der Waals surface area contributed by atoms with Crippen molar-refractivity contribution in [1.29, 1.82) is 0 Å². The van der Waals surface area contributed by atoms with E-state index in [4.69, 9.17) is 16.2 Å². The van der Waals surface area contributed by atoms with Crippen LogP contribution in [-0.2, 0) is 9.53 Å². The van der Waals surface area contributed by atoms with Gasteiger partial charge >= 0.3 is 0 Å². The van der Waals surface area contributed by atoms with E-state index in [0.717, 1.165) is 25.9 Å². The van der Waals surface area contributed by atoms with E-state index in [-0.39, 0.29) is 23.0 Å². The summed E-state index contributed by atoms with van der Waals surface area (Å²) in [6, 6.07) is 7.01. The minimum Gasteiger partial charge on any atom is -0.378 e. The van der Waals surface area contributed by atoms with Gasteiger partial charge in [0.1, 0.15) is 0 Å². The number of amides is 3. The first-order valence-corrected chi connectivity index (χ1v) is 11.9. The number of hydrogen-bond donors (Lipinski definition) is 3. The fourth-order valence-electron chi connectivity index (χ4n) is 3.68. The van der Waals surface area contributed by atoms with E-state index < -0.39 is 11.8 Å². The highest BCUT2D eigenvalue weighted by Crippen LogP contribution is 2.22. The Morgan fingerprint density at radius 1 is 0.973 bits per heavy atom. The predicted octanol–water partition coefficient (Wildman–Crippen LogP) is 1.39. The molecule has 2 fully saturated rings. The molecule has 0 unspecified atom stereocenters. The van der Waals surface area contributed by atoms with E-state index in [9.17, 15) is 14.4 Å². The number of benzene rings is 1. The molecule has 3 amide bonds. The maximum atomic E-state index is 12.6. The standard InChI is InChI=1S/C20H25N7O3.C5H7NO/c21-17(28)16-18(23-20(25-24-16)27-8-2-1-3-9-27)22-15-6-4-14(5-7-15)19(29)26-10-12-30-13-11-26;1-3-4(2)5(6)7/h4-7H,1-3,8-13H2,(H2,21,28)(H,22,23,25);3H,1-2H2,(H2,6,7). The second kappa shape index (κ2) is 13.1. The van der Waals surface area contributed by atoms with Crippen molar-refractivity contribution < 1.29 is 19.1 Å². The molecule has 0 bridgehead atoms. The molecule has 0 aliphatic carbocycles. The molecule has 0 atom stereocenters. The van der Waals surface area contributed by atoms with Crippen LogP contribution < -0.4 is 21.7 Å². The van der Waals surface area contributed by atoms with Gasteiger partial charge in [-0.15, -0.1) is 10.2 Å². The van der Waals surface area contributed by atoms with Crippen LogP contribution in [0.25, 0.3) is 0 Å². The molecule has 2 saturated heterocycles. The first kappa shape index (κ1) is 27.3. The summed E-state index contributed by atoms with van der Waals surface area (Å²) in [4.78, 5) is 42.7. The Morgan fingerprint density at radius 3 is 2.16 bits per heavy atom. The molecule has 5 N–H and O–H groups in total. The van der Waals surface area contributed by atoms with Gasteiger partial charge in [0, 0.05) is 43.0 Å². The van der Waals surface area contributed by atoms with Crippen LogP contribution in [0.1, 0.15) is 40.1 Å². The number of nitrogens with two attached hydrogens (primary N) is 2. The highest BCUT2D eigenvalue weighted by Gasteiger charge is 2.21. The summed E-state index contributed by atoms with van der Waals surface area (Å²) in [5.41, 5.74) is 11.7. The number of primary amides is 2. The van der Waals surface area contributed by atoms with Gasteiger partial charge in [0.2, 0.25) is 11.9 Å². The van der Waals surface area contributed by atoms with Gasteiger partial charge in [-0.1, -0.05) is 19.2 Å². The number of carbonyl (C=O) groups excluding carboxylic acids is 3. The number of carbonyl (C=O) groups is 3. The third-order valence-corrected chi connectivity index (χ3v) is 5.80. The fraction of sp³-hybridized carbons (Fsp3) is 0.360. The summed E-state index contributed by atoms with van der Waals surface area (Å²) >= 11 is 0. The summed E-state index contributed by atoms with van der Waals surface area (Å²) in [6.45, 7) is 10.6. The number of morpholine rings is 1. The van der Waals surface area contributed by atoms with Crippen LogP contribution in [0, 0.1) is 0 Å². The van der Waals surface area contributed by atoms with Crippen molar-refractivity contribution >= 4 is 35.2 Å². The van der Waals surface area contributed by atoms with E-state index >= 15 is 0 Å². The molecule has 12 heteroatoms. The van der Waals surface area contributed by atoms with Crippen LogP contribution in [0.2, 0.25) is 0 Å². The number of rotatable bonds is 7. The Kier molecular flexibility index (Phi) is 9.67. The average Bonchev–Trinajstić information content (AvgIpc) is 2.93. The fourth-order valence-corrected chi connectivity index (χ4v) is 3.68. The average molecular weight is 509 g/mol. The van der Waals surface area contributed by atoms with E-state index in [0.29, 0.717) is 43.5 Å². The summed E-state index contributed by atoms with van der Waals surface area (Å²) in [5.74, 6) is -0.526. The molecule has 0 spiro atoms. The number of piperidine rings is 1. The molecular formula is C25H32N8O4. The molecule has 2 aromatic rings. The first-order valence-electron chi connectivity index (χ1n) is 11.9. The number of nitrogens with one attached hydrogen (secondary N) is 1. The number of hydrogen-bond acceptors (Lipinski definition) is 9. The zero-order valence-corrected chi connectivity index (χ0v) is 20.7. The van der Waals surface area contributed by atoms with Gasteiger partial charge in [-0.3, -0.25) is 14.4 Å². The zero-order chi connectivity index (χ0) is 26.8. The van der Waals surface area contributed by atoms with Gasteiger partial charge in [-0.05, 0) is 43.5 Å². The topological polar surface area (TPSA) is 170 Å². The van der Waals surface area contributed by atoms with Gasteiger partial charge in [0.05, 0.1) is 13.2 Å². The molecule has 2 aliphatic heterocycles. The minimum atomic E-state index is -0.707. The van der Waals surface area contributed by atoms with Crippen LogP contribution in [0.5, 0.6) is 0 Å². The van der Waals surface area contributed by atoms with Gasteiger partial charge in [0.15, 0.2) is 11.5 Å². The van der Waals surface area contributed by atoms with Crippen molar-refractivity contribution in [3.63, 3.8) is 0 Å². The molecule has 12 nitrogen and oxygen atoms in total. The zero-order valence-electron chi connectivity index (χ0n) is 20.7. The number of aromatic nitrogens is 3. The molecule has 196 valence electrons. The van der Waals surface area contributed by atoms with Gasteiger partial charge in [0.25, 0.3) is 11.8 Å². The monoisotopic (exact) mass is 508 g/mol. The van der Waals surface area contributed by atoms with Crippen molar-refractivity contribution in [2.24, 2.45) is 11.5 Å². The third kappa shape index (κ3) is 7.58. The van der Waals surface area contributed by atoms with Gasteiger partial charge in [-0.2, -0.15) is 4.98 Å². The molecular weight excluding hydrogens is 476 g/mol. The molecule has 0 radical (unpaired) electrons. The van der Waals surface area contributed by atoms with E-state index in [1.807, 2.05) is 0 Å². The molecule has 3 heterocycles. The molecule has 37 heavy (non-hydrogen) atoms. The highest BCUT2D eigenvalue weighted by atomic mass is 16.5. The third-order valence-electron chi connectivity index (χ3n) is 5.80. The summed E-state index contributed by atoms with van der Waals surface area (Å²) in [5, 5.41) is 11.2. The van der Waals surface area contributed by atoms with Gasteiger partial charge in [-0.25, -0.2) is 0 Å². The summed E-state index contributed by atoms with van der Waals surface area (Å²) in [7, 11) is 0. The van der Waals surface area contributed by atoms with Crippen molar-refractivity contribution in [1.82, 2.24) is 20.1 Å². The highest BCUT2D eigenvalue weighted by molar-refractivity contribution is 5.97. The minimum absolute atomic E-state index is 0.0239. The molecule has 0 saturated carbocycles. The van der Waals surface area contributed by atoms with Crippen molar-refractivity contribution in [2.45, 2.75) is 19.3 Å². The lowest BCUT2D eigenvalue weighted by atomic mass is 10.1. The summed E-state index contributed by atoms with van der Waals surface area (Å²) < 4.78 is 5.29. The maximum Gasteiger partial charge on any atom is 0.273 e. The first-order chi connectivity index (χ1) is 17.8. The van der Waals surface area contributed by atoms with Crippen molar-refractivity contribution in [3.8, 4) is 0 Å². The quantitative estimate of drug-likeness (QED) is 0.369. The Bertz CT molecular complexity index is 1140. The number of ether oxygens (including phenoxy) is 1. The van der Waals surface area contributed by atoms with E-state index in [1.165, 1.54) is 12.5 Å². The molecule has 4 rings (SSSR count). The molecule has 2 aliphatic rings. The summed E-state index contributed by atoms with van der Waals surface area (Å²) in [6.07, 6.45) is 4.65. The second-order valence-corrected chi connectivity index (χ2v) is 8.42. The van der Waals surface area contributed by atoms with Crippen LogP contribution in [0.4, 0.5) is 17.5 Å². The van der Waals surface area contributed by atoms with Crippen LogP contribution in [0.15, 0.2) is 49.1 Å². The normalized spacial score (nSPS) is 15.1. The second-order valence-electron chi connectivity index (χ2n) is 8.42. The Hall–Kier alpha value is -4.32. The smallest absolute Gasteiger partial charge is 0.273 e. The van der Waals surface area contributed by atoms with Crippen molar-refractivity contribution in [3.05, 3.63) is 60.3 Å².